The summed E-state index contributed by atoms with van der Waals surface area (Å²) in [6.07, 6.45) is 1.60. The van der Waals surface area contributed by atoms with Crippen LogP contribution in [0.4, 0.5) is 0 Å². The van der Waals surface area contributed by atoms with E-state index >= 15 is 0 Å². The van der Waals surface area contributed by atoms with Crippen LogP contribution in [0.15, 0.2) is 52.1 Å². The van der Waals surface area contributed by atoms with Crippen LogP contribution in [-0.2, 0) is 11.3 Å². The summed E-state index contributed by atoms with van der Waals surface area (Å²) in [5, 5.41) is 0.375. The smallest absolute Gasteiger partial charge is 0.329 e. The number of nitrogens with one attached hydrogen (secondary N) is 1. The molecular formula is C22H23N3O5. The number of carbonyl (C=O) groups is 1. The fraction of sp³-hybridized carbons (Fsp3) is 0.318. The van der Waals surface area contributed by atoms with E-state index < -0.39 is 11.2 Å². The average Bonchev–Trinajstić information content (AvgIpc) is 3.25. The van der Waals surface area contributed by atoms with Crippen molar-refractivity contribution >= 4 is 16.8 Å². The van der Waals surface area contributed by atoms with Gasteiger partial charge in [0.05, 0.1) is 31.2 Å². The Bertz CT molecular complexity index is 1210. The monoisotopic (exact) mass is 409 g/mol. The molecule has 8 nitrogen and oxygen atoms in total. The fourth-order valence-corrected chi connectivity index (χ4v) is 4.05. The fourth-order valence-electron chi connectivity index (χ4n) is 4.05. The van der Waals surface area contributed by atoms with Gasteiger partial charge in [-0.25, -0.2) is 4.79 Å². The first-order chi connectivity index (χ1) is 14.5. The third-order valence-corrected chi connectivity index (χ3v) is 5.56. The molecule has 0 spiro atoms. The van der Waals surface area contributed by atoms with Crippen molar-refractivity contribution in [3.63, 3.8) is 0 Å². The predicted octanol–water partition coefficient (Wildman–Crippen LogP) is 2.07. The number of carbonyl (C=O) groups excluding carboxylic acids is 1. The third-order valence-electron chi connectivity index (χ3n) is 5.56. The highest BCUT2D eigenvalue weighted by Crippen LogP contribution is 2.38. The lowest BCUT2D eigenvalue weighted by Crippen LogP contribution is -2.42. The normalized spacial score (nSPS) is 16.1. The van der Waals surface area contributed by atoms with Gasteiger partial charge < -0.3 is 19.4 Å². The zero-order valence-electron chi connectivity index (χ0n) is 16.9. The molecule has 156 valence electrons. The largest absolute Gasteiger partial charge is 0.497 e. The number of aromatic amines is 1. The van der Waals surface area contributed by atoms with Crippen molar-refractivity contribution in [2.24, 2.45) is 0 Å². The van der Waals surface area contributed by atoms with E-state index in [0.717, 1.165) is 23.0 Å². The van der Waals surface area contributed by atoms with Crippen molar-refractivity contribution in [3.8, 4) is 11.5 Å². The number of ether oxygens (including phenoxy) is 2. The Morgan fingerprint density at radius 3 is 2.70 bits per heavy atom. The number of methoxy groups -OCH3 is 2. The molecule has 1 atom stereocenters. The summed E-state index contributed by atoms with van der Waals surface area (Å²) < 4.78 is 11.7. The van der Waals surface area contributed by atoms with Crippen LogP contribution in [0.1, 0.15) is 24.4 Å². The number of para-hydroxylation sites is 1. The Hall–Kier alpha value is -3.55. The van der Waals surface area contributed by atoms with Crippen LogP contribution in [0.2, 0.25) is 0 Å². The van der Waals surface area contributed by atoms with E-state index in [0.29, 0.717) is 28.9 Å². The van der Waals surface area contributed by atoms with Gasteiger partial charge in [0.1, 0.15) is 18.0 Å². The molecule has 1 N–H and O–H groups in total. The molecule has 4 rings (SSSR count). The minimum atomic E-state index is -0.593. The lowest BCUT2D eigenvalue weighted by Gasteiger charge is -2.26. The molecule has 2 heterocycles. The number of amides is 1. The zero-order valence-corrected chi connectivity index (χ0v) is 16.9. The molecule has 8 heteroatoms. The molecule has 0 unspecified atom stereocenters. The van der Waals surface area contributed by atoms with E-state index in [4.69, 9.17) is 9.47 Å². The Morgan fingerprint density at radius 2 is 1.93 bits per heavy atom. The average molecular weight is 409 g/mol. The minimum absolute atomic E-state index is 0.186. The number of likely N-dealkylation sites (tertiary alicyclic amines) is 1. The molecule has 0 saturated carbocycles. The van der Waals surface area contributed by atoms with Crippen LogP contribution in [0.3, 0.4) is 0 Å². The van der Waals surface area contributed by atoms with E-state index in [-0.39, 0.29) is 18.5 Å². The van der Waals surface area contributed by atoms with Gasteiger partial charge in [0.2, 0.25) is 5.91 Å². The van der Waals surface area contributed by atoms with Crippen molar-refractivity contribution in [3.05, 3.63) is 68.9 Å². The second-order valence-electron chi connectivity index (χ2n) is 7.22. The maximum Gasteiger partial charge on any atom is 0.329 e. The minimum Gasteiger partial charge on any atom is -0.497 e. The number of fused-ring (bicyclic) bond motifs is 1. The maximum absolute atomic E-state index is 13.1. The Kier molecular flexibility index (Phi) is 5.31. The highest BCUT2D eigenvalue weighted by atomic mass is 16.5. The number of hydrogen-bond acceptors (Lipinski definition) is 5. The van der Waals surface area contributed by atoms with Gasteiger partial charge in [-0.1, -0.05) is 12.1 Å². The summed E-state index contributed by atoms with van der Waals surface area (Å²) in [5.74, 6) is 1.03. The SMILES string of the molecule is COc1ccc([C@@H]2CCCN2C(=O)Cn2c(=O)[nH]c3ccccc3c2=O)c(OC)c1. The Balaban J connectivity index is 1.65. The molecule has 0 radical (unpaired) electrons. The molecule has 30 heavy (non-hydrogen) atoms. The maximum atomic E-state index is 13.1. The molecule has 1 amide bonds. The molecule has 0 aliphatic carbocycles. The molecule has 2 aromatic carbocycles. The number of aromatic nitrogens is 2. The molecular weight excluding hydrogens is 386 g/mol. The van der Waals surface area contributed by atoms with Gasteiger partial charge in [-0.2, -0.15) is 0 Å². The van der Waals surface area contributed by atoms with Crippen molar-refractivity contribution in [2.45, 2.75) is 25.4 Å². The molecule has 1 aliphatic heterocycles. The van der Waals surface area contributed by atoms with E-state index in [1.807, 2.05) is 12.1 Å². The third kappa shape index (κ3) is 3.45. The number of nitrogens with zero attached hydrogens (tertiary/aromatic N) is 2. The summed E-state index contributed by atoms with van der Waals surface area (Å²) in [6, 6.07) is 12.1. The first kappa shape index (κ1) is 19.8. The molecule has 1 aromatic heterocycles. The van der Waals surface area contributed by atoms with Crippen LogP contribution in [-0.4, -0.2) is 41.1 Å². The van der Waals surface area contributed by atoms with Gasteiger partial charge in [0, 0.05) is 18.2 Å². The van der Waals surface area contributed by atoms with Crippen LogP contribution in [0, 0.1) is 0 Å². The van der Waals surface area contributed by atoms with Gasteiger partial charge in [-0.15, -0.1) is 0 Å². The standard InChI is InChI=1S/C22H23N3O5/c1-29-14-9-10-16(19(12-14)30-2)18-8-5-11-24(18)20(26)13-25-21(27)15-6-3-4-7-17(15)23-22(25)28/h3-4,6-7,9-10,12,18H,5,8,11,13H2,1-2H3,(H,23,28)/t18-/m0/s1. The number of benzene rings is 2. The van der Waals surface area contributed by atoms with Crippen molar-refractivity contribution in [2.75, 3.05) is 20.8 Å². The van der Waals surface area contributed by atoms with Gasteiger partial charge in [-0.05, 0) is 37.1 Å². The summed E-state index contributed by atoms with van der Waals surface area (Å²) in [5.41, 5.74) is 0.271. The number of hydrogen-bond donors (Lipinski definition) is 1. The predicted molar refractivity (Wildman–Crippen MR) is 112 cm³/mol. The topological polar surface area (TPSA) is 93.6 Å². The van der Waals surface area contributed by atoms with Gasteiger partial charge in [-0.3, -0.25) is 14.2 Å². The number of H-pyrrole nitrogens is 1. The first-order valence-electron chi connectivity index (χ1n) is 9.76. The Labute approximate surface area is 172 Å². The molecule has 1 saturated heterocycles. The summed E-state index contributed by atoms with van der Waals surface area (Å²) in [7, 11) is 3.16. The summed E-state index contributed by atoms with van der Waals surface area (Å²) in [4.78, 5) is 42.7. The highest BCUT2D eigenvalue weighted by molar-refractivity contribution is 5.79. The lowest BCUT2D eigenvalue weighted by molar-refractivity contribution is -0.132. The van der Waals surface area contributed by atoms with Crippen LogP contribution in [0.5, 0.6) is 11.5 Å². The van der Waals surface area contributed by atoms with Crippen molar-refractivity contribution in [1.82, 2.24) is 14.5 Å². The van der Waals surface area contributed by atoms with E-state index in [9.17, 15) is 14.4 Å². The summed E-state index contributed by atoms with van der Waals surface area (Å²) in [6.45, 7) is 0.243. The van der Waals surface area contributed by atoms with Crippen molar-refractivity contribution in [1.29, 1.82) is 0 Å². The number of rotatable bonds is 5. The zero-order chi connectivity index (χ0) is 21.3. The van der Waals surface area contributed by atoms with E-state index in [1.165, 1.54) is 0 Å². The van der Waals surface area contributed by atoms with Crippen LogP contribution in [0.25, 0.3) is 10.9 Å². The molecule has 0 bridgehead atoms. The van der Waals surface area contributed by atoms with E-state index in [2.05, 4.69) is 4.98 Å². The first-order valence-corrected chi connectivity index (χ1v) is 9.76. The van der Waals surface area contributed by atoms with Gasteiger partial charge >= 0.3 is 5.69 Å². The highest BCUT2D eigenvalue weighted by Gasteiger charge is 2.32. The van der Waals surface area contributed by atoms with Crippen LogP contribution >= 0.6 is 0 Å². The summed E-state index contributed by atoms with van der Waals surface area (Å²) >= 11 is 0. The molecule has 1 aliphatic rings. The quantitative estimate of drug-likeness (QED) is 0.696. The van der Waals surface area contributed by atoms with Crippen LogP contribution < -0.4 is 20.7 Å². The molecule has 1 fully saturated rings. The van der Waals surface area contributed by atoms with Gasteiger partial charge in [0.25, 0.3) is 5.56 Å². The van der Waals surface area contributed by atoms with Gasteiger partial charge in [0.15, 0.2) is 0 Å². The second-order valence-corrected chi connectivity index (χ2v) is 7.22. The second kappa shape index (κ2) is 8.06. The van der Waals surface area contributed by atoms with Crippen molar-refractivity contribution < 1.29 is 14.3 Å². The Morgan fingerprint density at radius 1 is 1.13 bits per heavy atom. The molecule has 3 aromatic rings. The lowest BCUT2D eigenvalue weighted by atomic mass is 10.0. The van der Waals surface area contributed by atoms with E-state index in [1.54, 1.807) is 49.5 Å².